The van der Waals surface area contributed by atoms with Crippen molar-refractivity contribution in [1.82, 2.24) is 4.98 Å². The van der Waals surface area contributed by atoms with E-state index < -0.39 is 0 Å². The van der Waals surface area contributed by atoms with Gasteiger partial charge in [0, 0.05) is 16.1 Å². The van der Waals surface area contributed by atoms with E-state index in [1.54, 1.807) is 14.2 Å². The second-order valence-electron chi connectivity index (χ2n) is 2.16. The predicted molar refractivity (Wildman–Crippen MR) is 55.1 cm³/mol. The first-order chi connectivity index (χ1) is 5.81. The molecule has 1 aromatic heterocycles. The third-order valence-electron chi connectivity index (χ3n) is 1.46. The van der Waals surface area contributed by atoms with E-state index in [0.29, 0.717) is 11.8 Å². The number of alkyl halides is 1. The molecule has 0 aliphatic carbocycles. The molecule has 1 rings (SSSR count). The van der Waals surface area contributed by atoms with Crippen molar-refractivity contribution in [2.24, 2.45) is 0 Å². The van der Waals surface area contributed by atoms with Crippen LogP contribution in [0.25, 0.3) is 0 Å². The normalized spacial score (nSPS) is 9.58. The molecule has 1 aromatic rings. The molecule has 0 saturated heterocycles. The smallest absolute Gasteiger partial charge is 0.220 e. The molecule has 3 nitrogen and oxygen atoms in total. The van der Waals surface area contributed by atoms with E-state index >= 15 is 0 Å². The molecule has 0 N–H and O–H groups in total. The van der Waals surface area contributed by atoms with Crippen LogP contribution < -0.4 is 9.47 Å². The van der Waals surface area contributed by atoms with Gasteiger partial charge in [-0.1, -0.05) is 22.6 Å². The minimum atomic E-state index is 0.584. The molecule has 0 bridgehead atoms. The molecule has 1 heterocycles. The summed E-state index contributed by atoms with van der Waals surface area (Å²) < 4.78 is 10.9. The zero-order valence-electron chi connectivity index (χ0n) is 7.00. The lowest BCUT2D eigenvalue weighted by Gasteiger charge is -2.05. The first-order valence-electron chi connectivity index (χ1n) is 3.45. The fourth-order valence-electron chi connectivity index (χ4n) is 0.844. The summed E-state index contributed by atoms with van der Waals surface area (Å²) in [6.45, 7) is 0. The van der Waals surface area contributed by atoms with Crippen LogP contribution in [0.2, 0.25) is 0 Å². The van der Waals surface area contributed by atoms with E-state index in [0.717, 1.165) is 9.99 Å². The van der Waals surface area contributed by atoms with Gasteiger partial charge in [-0.2, -0.15) is 4.98 Å². The fourth-order valence-corrected chi connectivity index (χ4v) is 1.42. The van der Waals surface area contributed by atoms with Crippen LogP contribution in [0.3, 0.4) is 0 Å². The Bertz CT molecular complexity index is 265. The number of methoxy groups -OCH3 is 2. The minimum absolute atomic E-state index is 0.584. The molecule has 0 atom stereocenters. The maximum atomic E-state index is 5.08. The molecule has 0 spiro atoms. The van der Waals surface area contributed by atoms with Gasteiger partial charge in [-0.25, -0.2) is 0 Å². The summed E-state index contributed by atoms with van der Waals surface area (Å²) in [5.74, 6) is 1.23. The molecule has 0 aromatic carbocycles. The molecule has 0 aliphatic heterocycles. The Kier molecular flexibility index (Phi) is 3.58. The summed E-state index contributed by atoms with van der Waals surface area (Å²) in [5.41, 5.74) is 1.08. The van der Waals surface area contributed by atoms with Crippen molar-refractivity contribution in [2.45, 2.75) is 4.43 Å². The highest BCUT2D eigenvalue weighted by Crippen LogP contribution is 2.21. The molecular formula is C8H10INO2. The van der Waals surface area contributed by atoms with Gasteiger partial charge in [0.05, 0.1) is 14.2 Å². The van der Waals surface area contributed by atoms with E-state index in [9.17, 15) is 0 Å². The predicted octanol–water partition coefficient (Wildman–Crippen LogP) is 2.03. The van der Waals surface area contributed by atoms with Crippen molar-refractivity contribution < 1.29 is 9.47 Å². The molecule has 0 fully saturated rings. The number of hydrogen-bond donors (Lipinski definition) is 0. The molecule has 0 amide bonds. The highest BCUT2D eigenvalue weighted by atomic mass is 127. The summed E-state index contributed by atoms with van der Waals surface area (Å²) in [4.78, 5) is 4.13. The highest BCUT2D eigenvalue weighted by Gasteiger charge is 2.03. The molecule has 0 aliphatic rings. The van der Waals surface area contributed by atoms with Gasteiger partial charge >= 0.3 is 0 Å². The SMILES string of the molecule is COc1ccc(CI)c(OC)n1. The zero-order valence-corrected chi connectivity index (χ0v) is 9.16. The fraction of sp³-hybridized carbons (Fsp3) is 0.375. The molecular weight excluding hydrogens is 269 g/mol. The van der Waals surface area contributed by atoms with Crippen LogP contribution in [-0.4, -0.2) is 19.2 Å². The van der Waals surface area contributed by atoms with Crippen LogP contribution in [0.4, 0.5) is 0 Å². The quantitative estimate of drug-likeness (QED) is 0.626. The molecule has 4 heteroatoms. The molecule has 0 unspecified atom stereocenters. The number of rotatable bonds is 3. The minimum Gasteiger partial charge on any atom is -0.481 e. The second-order valence-corrected chi connectivity index (χ2v) is 2.92. The third kappa shape index (κ3) is 2.00. The summed E-state index contributed by atoms with van der Waals surface area (Å²) in [6, 6.07) is 3.79. The van der Waals surface area contributed by atoms with Gasteiger partial charge in [0.25, 0.3) is 0 Å². The van der Waals surface area contributed by atoms with Gasteiger partial charge in [0.15, 0.2) is 0 Å². The second kappa shape index (κ2) is 4.49. The number of hydrogen-bond acceptors (Lipinski definition) is 3. The standard InChI is InChI=1S/C8H10INO2/c1-11-7-4-3-6(5-9)8(10-7)12-2/h3-4H,5H2,1-2H3. The highest BCUT2D eigenvalue weighted by molar-refractivity contribution is 14.1. The summed E-state index contributed by atoms with van der Waals surface area (Å²) in [6.07, 6.45) is 0. The number of pyridine rings is 1. The van der Waals surface area contributed by atoms with Crippen molar-refractivity contribution in [2.75, 3.05) is 14.2 Å². The number of aromatic nitrogens is 1. The van der Waals surface area contributed by atoms with Gasteiger partial charge in [0.2, 0.25) is 11.8 Å². The van der Waals surface area contributed by atoms with Gasteiger partial charge in [0.1, 0.15) is 0 Å². The van der Waals surface area contributed by atoms with Crippen LogP contribution in [0.5, 0.6) is 11.8 Å². The number of nitrogens with zero attached hydrogens (tertiary/aromatic N) is 1. The lowest BCUT2D eigenvalue weighted by atomic mass is 10.3. The van der Waals surface area contributed by atoms with E-state index in [-0.39, 0.29) is 0 Å². The summed E-state index contributed by atoms with van der Waals surface area (Å²) in [7, 11) is 3.20. The lowest BCUT2D eigenvalue weighted by Crippen LogP contribution is -1.95. The Morgan fingerprint density at radius 1 is 1.33 bits per heavy atom. The summed E-state index contributed by atoms with van der Waals surface area (Å²) >= 11 is 2.27. The van der Waals surface area contributed by atoms with Crippen LogP contribution >= 0.6 is 22.6 Å². The average molecular weight is 279 g/mol. The molecule has 0 radical (unpaired) electrons. The van der Waals surface area contributed by atoms with Crippen LogP contribution in [-0.2, 0) is 4.43 Å². The molecule has 66 valence electrons. The lowest BCUT2D eigenvalue weighted by molar-refractivity contribution is 0.362. The Hall–Kier alpha value is -0.520. The molecule has 12 heavy (non-hydrogen) atoms. The largest absolute Gasteiger partial charge is 0.481 e. The van der Waals surface area contributed by atoms with Crippen molar-refractivity contribution in [3.63, 3.8) is 0 Å². The van der Waals surface area contributed by atoms with Crippen molar-refractivity contribution >= 4 is 22.6 Å². The maximum Gasteiger partial charge on any atom is 0.220 e. The number of halogens is 1. The first-order valence-corrected chi connectivity index (χ1v) is 4.98. The maximum absolute atomic E-state index is 5.08. The van der Waals surface area contributed by atoms with Gasteiger partial charge in [-0.05, 0) is 6.07 Å². The Balaban J connectivity index is 3.02. The van der Waals surface area contributed by atoms with Gasteiger partial charge < -0.3 is 9.47 Å². The molecule has 0 saturated carbocycles. The summed E-state index contributed by atoms with van der Waals surface area (Å²) in [5, 5.41) is 0. The first kappa shape index (κ1) is 9.57. The monoisotopic (exact) mass is 279 g/mol. The average Bonchev–Trinajstić information content (AvgIpc) is 2.16. The van der Waals surface area contributed by atoms with E-state index in [1.165, 1.54) is 0 Å². The van der Waals surface area contributed by atoms with Crippen molar-refractivity contribution in [3.05, 3.63) is 17.7 Å². The van der Waals surface area contributed by atoms with E-state index in [2.05, 4.69) is 27.6 Å². The third-order valence-corrected chi connectivity index (χ3v) is 2.28. The van der Waals surface area contributed by atoms with Crippen LogP contribution in [0, 0.1) is 0 Å². The van der Waals surface area contributed by atoms with Gasteiger partial charge in [-0.3, -0.25) is 0 Å². The Morgan fingerprint density at radius 2 is 2.08 bits per heavy atom. The van der Waals surface area contributed by atoms with E-state index in [1.807, 2.05) is 12.1 Å². The zero-order chi connectivity index (χ0) is 8.97. The Morgan fingerprint density at radius 3 is 2.58 bits per heavy atom. The van der Waals surface area contributed by atoms with Crippen LogP contribution in [0.1, 0.15) is 5.56 Å². The van der Waals surface area contributed by atoms with Gasteiger partial charge in [-0.15, -0.1) is 0 Å². The Labute approximate surface area is 85.2 Å². The van der Waals surface area contributed by atoms with Crippen molar-refractivity contribution in [3.8, 4) is 11.8 Å². The number of ether oxygens (including phenoxy) is 2. The van der Waals surface area contributed by atoms with Crippen LogP contribution in [0.15, 0.2) is 12.1 Å². The van der Waals surface area contributed by atoms with E-state index in [4.69, 9.17) is 9.47 Å². The topological polar surface area (TPSA) is 31.4 Å². The van der Waals surface area contributed by atoms with Crippen molar-refractivity contribution in [1.29, 1.82) is 0 Å².